The van der Waals surface area contributed by atoms with Gasteiger partial charge in [-0.25, -0.2) is 0 Å². The second-order valence-electron chi connectivity index (χ2n) is 8.81. The highest BCUT2D eigenvalue weighted by molar-refractivity contribution is 6.10. The molecule has 0 atom stereocenters. The number of hydrogen-bond donors (Lipinski definition) is 0. The topological polar surface area (TPSA) is 28.7 Å². The fourth-order valence-electron chi connectivity index (χ4n) is 5.06. The molecule has 2 nitrogen and oxygen atoms in total. The summed E-state index contributed by atoms with van der Waals surface area (Å²) in [6, 6.07) is 36.8. The Morgan fingerprint density at radius 2 is 1.24 bits per heavy atom. The van der Waals surface area contributed by atoms with E-state index in [1.54, 1.807) is 0 Å². The summed E-state index contributed by atoms with van der Waals surface area (Å²) in [6.45, 7) is 0. The Kier molecular flexibility index (Phi) is 5.31. The van der Waals surface area contributed by atoms with E-state index in [-0.39, 0.29) is 0 Å². The number of halogens is 3. The number of benzene rings is 5. The van der Waals surface area contributed by atoms with Crippen LogP contribution >= 0.6 is 0 Å². The fourth-order valence-corrected chi connectivity index (χ4v) is 5.06. The zero-order valence-corrected chi connectivity index (χ0v) is 19.5. The Hall–Kier alpha value is -4.82. The van der Waals surface area contributed by atoms with Gasteiger partial charge < -0.3 is 4.57 Å². The Morgan fingerprint density at radius 1 is 0.595 bits per heavy atom. The van der Waals surface area contributed by atoms with Crippen LogP contribution in [0.2, 0.25) is 0 Å². The molecule has 0 N–H and O–H groups in total. The summed E-state index contributed by atoms with van der Waals surface area (Å²) in [5.74, 6) is 0. The van der Waals surface area contributed by atoms with Gasteiger partial charge in [0.15, 0.2) is 0 Å². The minimum atomic E-state index is -4.47. The summed E-state index contributed by atoms with van der Waals surface area (Å²) in [6.07, 6.45) is -4.47. The summed E-state index contributed by atoms with van der Waals surface area (Å²) in [5, 5.41) is 11.8. The molecule has 0 unspecified atom stereocenters. The zero-order chi connectivity index (χ0) is 25.6. The molecule has 6 aromatic rings. The van der Waals surface area contributed by atoms with Gasteiger partial charge in [0.2, 0.25) is 0 Å². The second kappa shape index (κ2) is 8.69. The lowest BCUT2D eigenvalue weighted by Crippen LogP contribution is -2.05. The molecule has 0 aliphatic heterocycles. The monoisotopic (exact) mass is 488 g/mol. The molecule has 6 rings (SSSR count). The lowest BCUT2D eigenvalue weighted by Gasteiger charge is -2.17. The summed E-state index contributed by atoms with van der Waals surface area (Å²) in [5.41, 5.74) is 4.97. The number of nitriles is 1. The number of hydrogen-bond acceptors (Lipinski definition) is 1. The van der Waals surface area contributed by atoms with Crippen LogP contribution < -0.4 is 0 Å². The van der Waals surface area contributed by atoms with E-state index < -0.39 is 11.7 Å². The number of para-hydroxylation sites is 2. The van der Waals surface area contributed by atoms with E-state index in [4.69, 9.17) is 0 Å². The first kappa shape index (κ1) is 22.6. The lowest BCUT2D eigenvalue weighted by molar-refractivity contribution is -0.137. The van der Waals surface area contributed by atoms with Crippen LogP contribution in [-0.4, -0.2) is 4.57 Å². The highest BCUT2D eigenvalue weighted by atomic mass is 19.4. The van der Waals surface area contributed by atoms with Crippen LogP contribution in [0.15, 0.2) is 115 Å². The van der Waals surface area contributed by atoms with Crippen LogP contribution in [0.5, 0.6) is 0 Å². The van der Waals surface area contributed by atoms with E-state index in [1.165, 1.54) is 12.1 Å². The van der Waals surface area contributed by atoms with E-state index in [1.807, 2.05) is 102 Å². The van der Waals surface area contributed by atoms with Gasteiger partial charge in [-0.1, -0.05) is 91.0 Å². The first-order chi connectivity index (χ1) is 18.0. The molecule has 37 heavy (non-hydrogen) atoms. The molecule has 5 heteroatoms. The first-order valence-electron chi connectivity index (χ1n) is 11.8. The van der Waals surface area contributed by atoms with Crippen molar-refractivity contribution in [3.63, 3.8) is 0 Å². The van der Waals surface area contributed by atoms with E-state index >= 15 is 0 Å². The maximum Gasteiger partial charge on any atom is 0.416 e. The van der Waals surface area contributed by atoms with Gasteiger partial charge in [0.25, 0.3) is 0 Å². The Bertz CT molecular complexity index is 1820. The molecule has 178 valence electrons. The summed E-state index contributed by atoms with van der Waals surface area (Å²) in [4.78, 5) is 0. The van der Waals surface area contributed by atoms with E-state index in [2.05, 4.69) is 6.07 Å². The Balaban J connectivity index is 1.68. The Labute approximate surface area is 211 Å². The van der Waals surface area contributed by atoms with Gasteiger partial charge in [0, 0.05) is 27.5 Å². The molecule has 0 amide bonds. The van der Waals surface area contributed by atoms with Crippen LogP contribution in [0, 0.1) is 11.3 Å². The first-order valence-corrected chi connectivity index (χ1v) is 11.8. The van der Waals surface area contributed by atoms with Crippen LogP contribution in [0.3, 0.4) is 0 Å². The zero-order valence-electron chi connectivity index (χ0n) is 19.5. The molecular formula is C32H19F3N2. The van der Waals surface area contributed by atoms with Crippen LogP contribution in [0.25, 0.3) is 49.7 Å². The van der Waals surface area contributed by atoms with Gasteiger partial charge in [-0.15, -0.1) is 0 Å². The lowest BCUT2D eigenvalue weighted by atomic mass is 9.91. The summed E-state index contributed by atoms with van der Waals surface area (Å²) < 4.78 is 43.0. The molecule has 1 aromatic heterocycles. The van der Waals surface area contributed by atoms with Crippen molar-refractivity contribution in [2.24, 2.45) is 0 Å². The SMILES string of the molecule is N#Cc1c(-c2ccccc2)cccc1-c1ccccc1-n1c2ccccc2c2ccc(C(F)(F)F)cc21. The second-order valence-corrected chi connectivity index (χ2v) is 8.81. The predicted molar refractivity (Wildman–Crippen MR) is 141 cm³/mol. The quantitative estimate of drug-likeness (QED) is 0.244. The van der Waals surface area contributed by atoms with Crippen molar-refractivity contribution in [2.45, 2.75) is 6.18 Å². The van der Waals surface area contributed by atoms with Crippen LogP contribution in [-0.2, 0) is 6.18 Å². The Morgan fingerprint density at radius 3 is 2.03 bits per heavy atom. The van der Waals surface area contributed by atoms with Gasteiger partial charge >= 0.3 is 6.18 Å². The predicted octanol–water partition coefficient (Wildman–Crippen LogP) is 9.01. The minimum Gasteiger partial charge on any atom is -0.309 e. The van der Waals surface area contributed by atoms with Crippen molar-refractivity contribution >= 4 is 21.8 Å². The molecule has 0 bridgehead atoms. The van der Waals surface area contributed by atoms with Gasteiger partial charge in [0.1, 0.15) is 6.07 Å². The highest BCUT2D eigenvalue weighted by Crippen LogP contribution is 2.40. The number of nitrogens with zero attached hydrogens (tertiary/aromatic N) is 2. The molecule has 0 spiro atoms. The maximum absolute atomic E-state index is 13.7. The average Bonchev–Trinajstić information content (AvgIpc) is 3.26. The van der Waals surface area contributed by atoms with Crippen LogP contribution in [0.4, 0.5) is 13.2 Å². The fraction of sp³-hybridized carbons (Fsp3) is 0.0312. The van der Waals surface area contributed by atoms with Crippen molar-refractivity contribution in [3.05, 3.63) is 126 Å². The smallest absolute Gasteiger partial charge is 0.309 e. The highest BCUT2D eigenvalue weighted by Gasteiger charge is 2.31. The number of fused-ring (bicyclic) bond motifs is 3. The van der Waals surface area contributed by atoms with Crippen molar-refractivity contribution in [1.29, 1.82) is 5.26 Å². The molecule has 0 saturated heterocycles. The maximum atomic E-state index is 13.7. The number of rotatable bonds is 3. The standard InChI is InChI=1S/C32H19F3N2/c33-32(34,35)22-17-18-27-26-12-5-7-16-30(26)37(31(27)19-22)29-15-6-4-11-25(29)24-14-8-13-23(28(24)20-36)21-9-2-1-3-10-21/h1-19H. The van der Waals surface area contributed by atoms with Gasteiger partial charge in [-0.3, -0.25) is 0 Å². The van der Waals surface area contributed by atoms with E-state index in [0.717, 1.165) is 44.6 Å². The molecule has 0 fully saturated rings. The minimum absolute atomic E-state index is 0.459. The van der Waals surface area contributed by atoms with Crippen LogP contribution in [0.1, 0.15) is 11.1 Å². The molecule has 1 heterocycles. The third-order valence-electron chi connectivity index (χ3n) is 6.70. The third-order valence-corrected chi connectivity index (χ3v) is 6.70. The van der Waals surface area contributed by atoms with Crippen molar-refractivity contribution in [3.8, 4) is 34.0 Å². The van der Waals surface area contributed by atoms with Crippen molar-refractivity contribution in [2.75, 3.05) is 0 Å². The normalized spacial score (nSPS) is 11.6. The van der Waals surface area contributed by atoms with Gasteiger partial charge in [-0.05, 0) is 29.8 Å². The molecule has 5 aromatic carbocycles. The van der Waals surface area contributed by atoms with E-state index in [0.29, 0.717) is 16.8 Å². The molecule has 0 aliphatic rings. The van der Waals surface area contributed by atoms with Crippen molar-refractivity contribution < 1.29 is 13.2 Å². The molecule has 0 radical (unpaired) electrons. The summed E-state index contributed by atoms with van der Waals surface area (Å²) in [7, 11) is 0. The number of alkyl halides is 3. The molecular weight excluding hydrogens is 469 g/mol. The number of aromatic nitrogens is 1. The average molecular weight is 489 g/mol. The van der Waals surface area contributed by atoms with Crippen molar-refractivity contribution in [1.82, 2.24) is 4.57 Å². The molecule has 0 saturated carbocycles. The largest absolute Gasteiger partial charge is 0.416 e. The third kappa shape index (κ3) is 3.75. The van der Waals surface area contributed by atoms with Gasteiger partial charge in [0.05, 0.1) is 27.8 Å². The molecule has 0 aliphatic carbocycles. The summed E-state index contributed by atoms with van der Waals surface area (Å²) >= 11 is 0. The van der Waals surface area contributed by atoms with E-state index in [9.17, 15) is 18.4 Å². The van der Waals surface area contributed by atoms with Gasteiger partial charge in [-0.2, -0.15) is 18.4 Å².